The van der Waals surface area contributed by atoms with Crippen molar-refractivity contribution in [2.24, 2.45) is 0 Å². The zero-order valence-corrected chi connectivity index (χ0v) is 18.3. The van der Waals surface area contributed by atoms with Crippen molar-refractivity contribution in [3.8, 4) is 0 Å². The van der Waals surface area contributed by atoms with E-state index in [9.17, 15) is 8.42 Å². The molecule has 0 spiro atoms. The summed E-state index contributed by atoms with van der Waals surface area (Å²) in [5.41, 5.74) is 3.46. The van der Waals surface area contributed by atoms with E-state index in [1.165, 1.54) is 11.3 Å². The monoisotopic (exact) mass is 503 g/mol. The van der Waals surface area contributed by atoms with Crippen LogP contribution in [0.3, 0.4) is 0 Å². The van der Waals surface area contributed by atoms with Gasteiger partial charge in [-0.3, -0.25) is 9.40 Å². The van der Waals surface area contributed by atoms with E-state index in [2.05, 4.69) is 41.7 Å². The first-order valence-corrected chi connectivity index (χ1v) is 11.2. The van der Waals surface area contributed by atoms with Gasteiger partial charge in [-0.05, 0) is 75.5 Å². The molecular formula is C16H15Br2N3O2S2. The van der Waals surface area contributed by atoms with E-state index in [1.54, 1.807) is 18.2 Å². The quantitative estimate of drug-likeness (QED) is 0.535. The molecule has 0 saturated heterocycles. The Kier molecular flexibility index (Phi) is 5.38. The zero-order valence-electron chi connectivity index (χ0n) is 13.5. The molecule has 1 aromatic carbocycles. The Morgan fingerprint density at radius 2 is 1.96 bits per heavy atom. The lowest BCUT2D eigenvalue weighted by Crippen LogP contribution is -2.12. The van der Waals surface area contributed by atoms with Crippen LogP contribution in [0, 0.1) is 13.8 Å². The summed E-state index contributed by atoms with van der Waals surface area (Å²) in [5.74, 6) is 0. The Morgan fingerprint density at radius 1 is 1.20 bits per heavy atom. The molecule has 25 heavy (non-hydrogen) atoms. The predicted molar refractivity (Wildman–Crippen MR) is 108 cm³/mol. The number of anilines is 1. The van der Waals surface area contributed by atoms with Crippen LogP contribution in [0.2, 0.25) is 0 Å². The molecule has 3 aromatic rings. The second-order valence-corrected chi connectivity index (χ2v) is 10.7. The lowest BCUT2D eigenvalue weighted by Gasteiger charge is -2.09. The number of aryl methyl sites for hydroxylation is 1. The second kappa shape index (κ2) is 7.22. The van der Waals surface area contributed by atoms with Gasteiger partial charge >= 0.3 is 0 Å². The Balaban J connectivity index is 1.83. The molecule has 0 aliphatic rings. The van der Waals surface area contributed by atoms with E-state index in [1.807, 2.05) is 36.7 Å². The van der Waals surface area contributed by atoms with Crippen molar-refractivity contribution in [3.63, 3.8) is 0 Å². The number of benzene rings is 1. The lowest BCUT2D eigenvalue weighted by atomic mass is 10.2. The molecule has 0 bridgehead atoms. The fraction of sp³-hybridized carbons (Fsp3) is 0.188. The van der Waals surface area contributed by atoms with Crippen molar-refractivity contribution in [3.05, 3.63) is 61.6 Å². The van der Waals surface area contributed by atoms with E-state index < -0.39 is 10.0 Å². The van der Waals surface area contributed by atoms with Gasteiger partial charge in [0.05, 0.1) is 26.2 Å². The van der Waals surface area contributed by atoms with Gasteiger partial charge in [-0.25, -0.2) is 8.42 Å². The Morgan fingerprint density at radius 3 is 2.56 bits per heavy atom. The van der Waals surface area contributed by atoms with Crippen molar-refractivity contribution in [2.45, 2.75) is 24.6 Å². The average molecular weight is 505 g/mol. The van der Waals surface area contributed by atoms with Crippen molar-refractivity contribution in [1.82, 2.24) is 9.78 Å². The van der Waals surface area contributed by atoms with Gasteiger partial charge < -0.3 is 0 Å². The molecule has 5 nitrogen and oxygen atoms in total. The molecule has 0 amide bonds. The van der Waals surface area contributed by atoms with Gasteiger partial charge in [-0.1, -0.05) is 12.1 Å². The number of aromatic nitrogens is 2. The van der Waals surface area contributed by atoms with E-state index in [4.69, 9.17) is 0 Å². The minimum atomic E-state index is -3.58. The van der Waals surface area contributed by atoms with Crippen LogP contribution in [0.25, 0.3) is 0 Å². The first-order valence-electron chi connectivity index (χ1n) is 7.33. The van der Waals surface area contributed by atoms with Crippen LogP contribution in [-0.2, 0) is 16.6 Å². The van der Waals surface area contributed by atoms with Crippen LogP contribution in [0.1, 0.15) is 17.0 Å². The fourth-order valence-electron chi connectivity index (χ4n) is 2.38. The minimum Gasteiger partial charge on any atom is -0.279 e. The number of halogens is 2. The number of rotatable bonds is 5. The first-order chi connectivity index (χ1) is 11.8. The van der Waals surface area contributed by atoms with Crippen LogP contribution in [0.4, 0.5) is 5.69 Å². The number of hydrogen-bond acceptors (Lipinski definition) is 4. The van der Waals surface area contributed by atoms with Gasteiger partial charge in [-0.15, -0.1) is 11.3 Å². The highest BCUT2D eigenvalue weighted by Crippen LogP contribution is 2.28. The topological polar surface area (TPSA) is 64.0 Å². The highest BCUT2D eigenvalue weighted by Gasteiger charge is 2.17. The summed E-state index contributed by atoms with van der Waals surface area (Å²) >= 11 is 7.98. The van der Waals surface area contributed by atoms with Crippen molar-refractivity contribution < 1.29 is 8.42 Å². The third kappa shape index (κ3) is 4.16. The van der Waals surface area contributed by atoms with E-state index in [0.717, 1.165) is 25.2 Å². The Labute approximate surface area is 167 Å². The third-order valence-corrected chi connectivity index (χ3v) is 8.26. The molecule has 0 saturated carbocycles. The molecule has 0 fully saturated rings. The van der Waals surface area contributed by atoms with Crippen LogP contribution in [0.15, 0.2) is 48.9 Å². The van der Waals surface area contributed by atoms with E-state index in [-0.39, 0.29) is 4.21 Å². The predicted octanol–water partition coefficient (Wildman–Crippen LogP) is 4.94. The molecule has 3 rings (SSSR count). The molecule has 0 aliphatic carbocycles. The second-order valence-electron chi connectivity index (χ2n) is 5.51. The third-order valence-electron chi connectivity index (χ3n) is 3.62. The molecule has 2 aromatic heterocycles. The number of nitrogens with one attached hydrogen (secondary N) is 1. The number of thiophene rings is 1. The summed E-state index contributed by atoms with van der Waals surface area (Å²) < 4.78 is 31.4. The van der Waals surface area contributed by atoms with Crippen molar-refractivity contribution in [2.75, 3.05) is 4.72 Å². The van der Waals surface area contributed by atoms with Crippen LogP contribution < -0.4 is 4.72 Å². The molecule has 0 unspecified atom stereocenters. The zero-order chi connectivity index (χ0) is 18.2. The van der Waals surface area contributed by atoms with Gasteiger partial charge in [0.2, 0.25) is 0 Å². The van der Waals surface area contributed by atoms with Gasteiger partial charge in [-0.2, -0.15) is 5.10 Å². The van der Waals surface area contributed by atoms with Gasteiger partial charge in [0.1, 0.15) is 4.21 Å². The number of hydrogen-bond donors (Lipinski definition) is 1. The number of nitrogens with zero attached hydrogens (tertiary/aromatic N) is 2. The summed E-state index contributed by atoms with van der Waals surface area (Å²) in [6.07, 6.45) is 0. The van der Waals surface area contributed by atoms with Crippen molar-refractivity contribution in [1.29, 1.82) is 0 Å². The first kappa shape index (κ1) is 18.6. The SMILES string of the molecule is Cc1nn(Cc2cccc(NS(=O)(=O)c3ccc(Br)s3)c2)c(C)c1Br. The summed E-state index contributed by atoms with van der Waals surface area (Å²) in [6, 6.07) is 10.6. The highest BCUT2D eigenvalue weighted by molar-refractivity contribution is 9.11. The average Bonchev–Trinajstić information content (AvgIpc) is 3.08. The van der Waals surface area contributed by atoms with Crippen LogP contribution >= 0.6 is 43.2 Å². The maximum atomic E-state index is 12.4. The minimum absolute atomic E-state index is 0.271. The molecule has 1 N–H and O–H groups in total. The largest absolute Gasteiger partial charge is 0.279 e. The highest BCUT2D eigenvalue weighted by atomic mass is 79.9. The smallest absolute Gasteiger partial charge is 0.271 e. The number of sulfonamides is 1. The maximum Gasteiger partial charge on any atom is 0.271 e. The van der Waals surface area contributed by atoms with Gasteiger partial charge in [0, 0.05) is 5.69 Å². The van der Waals surface area contributed by atoms with Gasteiger partial charge in [0.15, 0.2) is 0 Å². The molecule has 0 radical (unpaired) electrons. The normalized spacial score (nSPS) is 11.7. The molecular weight excluding hydrogens is 490 g/mol. The Hall–Kier alpha value is -1.16. The summed E-state index contributed by atoms with van der Waals surface area (Å²) in [4.78, 5) is 0. The van der Waals surface area contributed by atoms with Crippen LogP contribution in [-0.4, -0.2) is 18.2 Å². The van der Waals surface area contributed by atoms with Crippen molar-refractivity contribution >= 4 is 58.9 Å². The van der Waals surface area contributed by atoms with Gasteiger partial charge in [0.25, 0.3) is 10.0 Å². The Bertz CT molecular complexity index is 1030. The standard InChI is InChI=1S/C16H15Br2N3O2S2/c1-10-16(18)11(2)21(19-10)9-12-4-3-5-13(8-12)20-25(22,23)15-7-6-14(17)24-15/h3-8,20H,9H2,1-2H3. The molecule has 132 valence electrons. The summed E-state index contributed by atoms with van der Waals surface area (Å²) in [6.45, 7) is 4.50. The summed E-state index contributed by atoms with van der Waals surface area (Å²) in [7, 11) is -3.58. The van der Waals surface area contributed by atoms with Crippen LogP contribution in [0.5, 0.6) is 0 Å². The molecule has 0 atom stereocenters. The van der Waals surface area contributed by atoms with E-state index in [0.29, 0.717) is 12.2 Å². The molecule has 9 heteroatoms. The fourth-order valence-corrected chi connectivity index (χ4v) is 5.73. The molecule has 0 aliphatic heterocycles. The van der Waals surface area contributed by atoms with E-state index >= 15 is 0 Å². The lowest BCUT2D eigenvalue weighted by molar-refractivity contribution is 0.603. The maximum absolute atomic E-state index is 12.4. The summed E-state index contributed by atoms with van der Waals surface area (Å²) in [5, 5.41) is 4.49. The molecule has 2 heterocycles.